The van der Waals surface area contributed by atoms with Crippen LogP contribution in [-0.4, -0.2) is 17.9 Å². The molecule has 0 aliphatic rings. The van der Waals surface area contributed by atoms with E-state index >= 15 is 0 Å². The highest BCUT2D eigenvalue weighted by Gasteiger charge is 2.06. The molecule has 0 saturated carbocycles. The van der Waals surface area contributed by atoms with Crippen molar-refractivity contribution in [1.82, 2.24) is 5.43 Å². The lowest BCUT2D eigenvalue weighted by molar-refractivity contribution is -0.118. The molecule has 160 valence electrons. The van der Waals surface area contributed by atoms with Gasteiger partial charge in [-0.1, -0.05) is 72.3 Å². The minimum absolute atomic E-state index is 0.168. The van der Waals surface area contributed by atoms with E-state index in [-0.39, 0.29) is 11.7 Å². The SMILES string of the molecule is O=C(CSc1cccc2ccccc12)N/N=C/c1ccccc1OCc1ccc(Cl)cc1. The van der Waals surface area contributed by atoms with Crippen LogP contribution in [0, 0.1) is 0 Å². The minimum Gasteiger partial charge on any atom is -0.488 e. The lowest BCUT2D eigenvalue weighted by atomic mass is 10.1. The first-order chi connectivity index (χ1) is 15.7. The highest BCUT2D eigenvalue weighted by atomic mass is 35.5. The first-order valence-corrected chi connectivity index (χ1v) is 11.4. The number of carbonyl (C=O) groups is 1. The second-order valence-corrected chi connectivity index (χ2v) is 8.47. The van der Waals surface area contributed by atoms with Crippen LogP contribution >= 0.6 is 23.4 Å². The monoisotopic (exact) mass is 460 g/mol. The summed E-state index contributed by atoms with van der Waals surface area (Å²) in [6.45, 7) is 0.413. The predicted molar refractivity (Wildman–Crippen MR) is 133 cm³/mol. The van der Waals surface area contributed by atoms with Crippen molar-refractivity contribution in [3.8, 4) is 5.75 Å². The van der Waals surface area contributed by atoms with Crippen LogP contribution in [0.3, 0.4) is 0 Å². The summed E-state index contributed by atoms with van der Waals surface area (Å²) in [6, 6.07) is 29.3. The first-order valence-electron chi connectivity index (χ1n) is 10.1. The zero-order chi connectivity index (χ0) is 22.2. The molecule has 0 atom stereocenters. The van der Waals surface area contributed by atoms with Crippen LogP contribution in [0.5, 0.6) is 5.75 Å². The molecule has 4 aromatic carbocycles. The van der Waals surface area contributed by atoms with E-state index < -0.39 is 0 Å². The average molecular weight is 461 g/mol. The fourth-order valence-electron chi connectivity index (χ4n) is 3.13. The Morgan fingerprint density at radius 2 is 1.69 bits per heavy atom. The number of nitrogens with one attached hydrogen (secondary N) is 1. The maximum absolute atomic E-state index is 12.3. The number of fused-ring (bicyclic) bond motifs is 1. The fourth-order valence-corrected chi connectivity index (χ4v) is 4.12. The quantitative estimate of drug-likeness (QED) is 0.190. The zero-order valence-corrected chi connectivity index (χ0v) is 18.8. The predicted octanol–water partition coefficient (Wildman–Crippen LogP) is 6.31. The van der Waals surface area contributed by atoms with Crippen molar-refractivity contribution >= 4 is 46.3 Å². The fraction of sp³-hybridized carbons (Fsp3) is 0.0769. The normalized spacial score (nSPS) is 11.0. The van der Waals surface area contributed by atoms with Gasteiger partial charge < -0.3 is 4.74 Å². The van der Waals surface area contributed by atoms with Gasteiger partial charge in [0.15, 0.2) is 0 Å². The molecule has 0 bridgehead atoms. The number of thioether (sulfide) groups is 1. The van der Waals surface area contributed by atoms with Gasteiger partial charge >= 0.3 is 0 Å². The molecule has 0 saturated heterocycles. The molecule has 0 fully saturated rings. The smallest absolute Gasteiger partial charge is 0.250 e. The number of rotatable bonds is 8. The van der Waals surface area contributed by atoms with Gasteiger partial charge in [-0.25, -0.2) is 5.43 Å². The molecule has 0 spiro atoms. The van der Waals surface area contributed by atoms with Crippen LogP contribution in [0.25, 0.3) is 10.8 Å². The molecule has 32 heavy (non-hydrogen) atoms. The van der Waals surface area contributed by atoms with E-state index in [1.165, 1.54) is 11.8 Å². The van der Waals surface area contributed by atoms with E-state index in [9.17, 15) is 4.79 Å². The second-order valence-electron chi connectivity index (χ2n) is 7.01. The lowest BCUT2D eigenvalue weighted by Gasteiger charge is -2.09. The molecular formula is C26H21ClN2O2S. The number of amides is 1. The number of benzene rings is 4. The molecule has 1 amide bonds. The van der Waals surface area contributed by atoms with Gasteiger partial charge in [-0.15, -0.1) is 11.8 Å². The van der Waals surface area contributed by atoms with Crippen molar-refractivity contribution in [1.29, 1.82) is 0 Å². The topological polar surface area (TPSA) is 50.7 Å². The molecule has 4 rings (SSSR count). The number of carbonyl (C=O) groups excluding carboxylic acids is 1. The van der Waals surface area contributed by atoms with E-state index in [4.69, 9.17) is 16.3 Å². The molecular weight excluding hydrogens is 440 g/mol. The number of ether oxygens (including phenoxy) is 1. The van der Waals surface area contributed by atoms with Crippen molar-refractivity contribution < 1.29 is 9.53 Å². The van der Waals surface area contributed by atoms with Gasteiger partial charge in [-0.3, -0.25) is 4.79 Å². The number of hydrogen-bond acceptors (Lipinski definition) is 4. The van der Waals surface area contributed by atoms with E-state index in [0.29, 0.717) is 17.4 Å². The molecule has 1 N–H and O–H groups in total. The number of hydrogen-bond donors (Lipinski definition) is 1. The largest absolute Gasteiger partial charge is 0.488 e. The van der Waals surface area contributed by atoms with Gasteiger partial charge in [0.1, 0.15) is 12.4 Å². The summed E-state index contributed by atoms with van der Waals surface area (Å²) in [6.07, 6.45) is 1.59. The number of para-hydroxylation sites is 1. The van der Waals surface area contributed by atoms with Crippen molar-refractivity contribution in [3.63, 3.8) is 0 Å². The van der Waals surface area contributed by atoms with Crippen LogP contribution in [-0.2, 0) is 11.4 Å². The highest BCUT2D eigenvalue weighted by molar-refractivity contribution is 8.00. The minimum atomic E-state index is -0.168. The Bertz CT molecular complexity index is 1240. The Kier molecular flexibility index (Phi) is 7.43. The maximum Gasteiger partial charge on any atom is 0.250 e. The van der Waals surface area contributed by atoms with E-state index in [2.05, 4.69) is 28.7 Å². The molecule has 0 heterocycles. The number of hydrazone groups is 1. The molecule has 0 aliphatic carbocycles. The molecule has 4 aromatic rings. The maximum atomic E-state index is 12.3. The highest BCUT2D eigenvalue weighted by Crippen LogP contribution is 2.27. The van der Waals surface area contributed by atoms with Gasteiger partial charge in [0.2, 0.25) is 5.91 Å². The van der Waals surface area contributed by atoms with Crippen molar-refractivity contribution in [2.75, 3.05) is 5.75 Å². The Morgan fingerprint density at radius 3 is 2.56 bits per heavy atom. The van der Waals surface area contributed by atoms with Crippen molar-refractivity contribution in [2.24, 2.45) is 5.10 Å². The Labute approximate surface area is 196 Å². The van der Waals surface area contributed by atoms with Gasteiger partial charge in [-0.05, 0) is 46.7 Å². The third-order valence-corrected chi connectivity index (χ3v) is 6.05. The molecule has 0 aromatic heterocycles. The molecule has 0 aliphatic heterocycles. The molecule has 6 heteroatoms. The van der Waals surface area contributed by atoms with E-state index in [1.54, 1.807) is 6.21 Å². The van der Waals surface area contributed by atoms with Gasteiger partial charge in [0, 0.05) is 15.5 Å². The van der Waals surface area contributed by atoms with Crippen LogP contribution < -0.4 is 10.2 Å². The average Bonchev–Trinajstić information content (AvgIpc) is 2.83. The van der Waals surface area contributed by atoms with Crippen LogP contribution in [0.1, 0.15) is 11.1 Å². The first kappa shape index (κ1) is 21.9. The Balaban J connectivity index is 1.32. The third-order valence-electron chi connectivity index (χ3n) is 4.73. The van der Waals surface area contributed by atoms with Crippen LogP contribution in [0.15, 0.2) is 101 Å². The number of nitrogens with zero attached hydrogens (tertiary/aromatic N) is 1. The zero-order valence-electron chi connectivity index (χ0n) is 17.2. The van der Waals surface area contributed by atoms with Gasteiger partial charge in [-0.2, -0.15) is 5.10 Å². The Morgan fingerprint density at radius 1 is 0.938 bits per heavy atom. The number of halogens is 1. The molecule has 0 radical (unpaired) electrons. The van der Waals surface area contributed by atoms with Gasteiger partial charge in [0.25, 0.3) is 0 Å². The summed E-state index contributed by atoms with van der Waals surface area (Å²) in [5.41, 5.74) is 4.39. The summed E-state index contributed by atoms with van der Waals surface area (Å²) >= 11 is 7.42. The summed E-state index contributed by atoms with van der Waals surface area (Å²) in [7, 11) is 0. The third kappa shape index (κ3) is 5.90. The molecule has 4 nitrogen and oxygen atoms in total. The van der Waals surface area contributed by atoms with Crippen molar-refractivity contribution in [2.45, 2.75) is 11.5 Å². The summed E-state index contributed by atoms with van der Waals surface area (Å²) < 4.78 is 5.92. The Hall–Kier alpha value is -3.28. The van der Waals surface area contributed by atoms with E-state index in [1.807, 2.05) is 72.8 Å². The molecule has 0 unspecified atom stereocenters. The lowest BCUT2D eigenvalue weighted by Crippen LogP contribution is -2.19. The standard InChI is InChI=1S/C26H21ClN2O2S/c27-22-14-12-19(13-15-22)17-31-24-10-4-2-7-21(24)16-28-29-26(30)18-32-25-11-5-8-20-6-1-3-9-23(20)25/h1-16H,17-18H2,(H,29,30)/b28-16+. The van der Waals surface area contributed by atoms with E-state index in [0.717, 1.165) is 26.8 Å². The summed E-state index contributed by atoms with van der Waals surface area (Å²) in [4.78, 5) is 13.4. The van der Waals surface area contributed by atoms with Gasteiger partial charge in [0.05, 0.1) is 12.0 Å². The van der Waals surface area contributed by atoms with Crippen LogP contribution in [0.2, 0.25) is 5.02 Å². The summed E-state index contributed by atoms with van der Waals surface area (Å²) in [5, 5.41) is 7.10. The second kappa shape index (κ2) is 10.8. The van der Waals surface area contributed by atoms with Crippen LogP contribution in [0.4, 0.5) is 0 Å². The van der Waals surface area contributed by atoms with Crippen molar-refractivity contribution in [3.05, 3.63) is 107 Å². The summed E-state index contributed by atoms with van der Waals surface area (Å²) in [5.74, 6) is 0.796.